The van der Waals surface area contributed by atoms with E-state index in [-0.39, 0.29) is 18.5 Å². The maximum atomic E-state index is 12.4. The Bertz CT molecular complexity index is 721. The van der Waals surface area contributed by atoms with Crippen LogP contribution < -0.4 is 10.2 Å². The molecule has 0 radical (unpaired) electrons. The number of hydrogen-bond donors (Lipinski definition) is 1. The van der Waals surface area contributed by atoms with Crippen molar-refractivity contribution >= 4 is 29.2 Å². The summed E-state index contributed by atoms with van der Waals surface area (Å²) in [5.74, 6) is -0.198. The summed E-state index contributed by atoms with van der Waals surface area (Å²) in [5.41, 5.74) is 0.738. The van der Waals surface area contributed by atoms with Crippen molar-refractivity contribution in [3.05, 3.63) is 41.9 Å². The zero-order valence-electron chi connectivity index (χ0n) is 12.9. The maximum absolute atomic E-state index is 12.4. The van der Waals surface area contributed by atoms with Gasteiger partial charge in [0.05, 0.1) is 6.54 Å². The Morgan fingerprint density at radius 1 is 1.33 bits per heavy atom. The van der Waals surface area contributed by atoms with Gasteiger partial charge in [-0.3, -0.25) is 14.4 Å². The molecule has 1 N–H and O–H groups in total. The second-order valence-corrected chi connectivity index (χ2v) is 5.78. The van der Waals surface area contributed by atoms with Crippen LogP contribution in [0.4, 0.5) is 10.5 Å². The van der Waals surface area contributed by atoms with E-state index in [2.05, 4.69) is 15.4 Å². The van der Waals surface area contributed by atoms with Crippen molar-refractivity contribution in [2.24, 2.45) is 0 Å². The highest BCUT2D eigenvalue weighted by Crippen LogP contribution is 2.23. The Balaban J connectivity index is 1.49. The molecule has 0 spiro atoms. The number of urea groups is 1. The van der Waals surface area contributed by atoms with E-state index >= 15 is 0 Å². The van der Waals surface area contributed by atoms with Crippen LogP contribution in [0.5, 0.6) is 0 Å². The van der Waals surface area contributed by atoms with Gasteiger partial charge in [-0.15, -0.1) is 0 Å². The van der Waals surface area contributed by atoms with Gasteiger partial charge in [-0.1, -0.05) is 17.7 Å². The van der Waals surface area contributed by atoms with E-state index in [0.717, 1.165) is 5.69 Å². The Morgan fingerprint density at radius 3 is 2.96 bits per heavy atom. The molecule has 2 aromatic rings. The molecule has 1 saturated heterocycles. The normalized spacial score (nSPS) is 14.3. The molecule has 1 aromatic heterocycles. The number of hydrogen-bond acceptors (Lipinski definition) is 4. The minimum Gasteiger partial charge on any atom is -0.353 e. The molecule has 126 valence electrons. The first kappa shape index (κ1) is 16.3. The zero-order chi connectivity index (χ0) is 16.9. The molecule has 0 unspecified atom stereocenters. The second-order valence-electron chi connectivity index (χ2n) is 5.34. The first-order valence-corrected chi connectivity index (χ1v) is 7.92. The van der Waals surface area contributed by atoms with Crippen molar-refractivity contribution in [2.75, 3.05) is 31.1 Å². The first-order valence-electron chi connectivity index (χ1n) is 7.54. The number of amides is 3. The molecule has 0 saturated carbocycles. The fourth-order valence-electron chi connectivity index (χ4n) is 2.50. The van der Waals surface area contributed by atoms with E-state index in [4.69, 9.17) is 11.6 Å². The number of carbonyl (C=O) groups is 2. The number of carbonyl (C=O) groups excluding carboxylic acids is 2. The highest BCUT2D eigenvalue weighted by atomic mass is 35.5. The van der Waals surface area contributed by atoms with Gasteiger partial charge in [-0.25, -0.2) is 9.78 Å². The lowest BCUT2D eigenvalue weighted by Gasteiger charge is -2.18. The topological polar surface area (TPSA) is 83.4 Å². The highest BCUT2D eigenvalue weighted by molar-refractivity contribution is 6.30. The third kappa shape index (κ3) is 3.83. The second kappa shape index (κ2) is 7.31. The molecule has 1 fully saturated rings. The van der Waals surface area contributed by atoms with Gasteiger partial charge < -0.3 is 10.2 Å². The molecule has 1 aromatic carbocycles. The molecule has 24 heavy (non-hydrogen) atoms. The van der Waals surface area contributed by atoms with Crippen molar-refractivity contribution in [1.29, 1.82) is 0 Å². The lowest BCUT2D eigenvalue weighted by molar-refractivity contribution is -0.121. The van der Waals surface area contributed by atoms with E-state index in [1.165, 1.54) is 11.2 Å². The highest BCUT2D eigenvalue weighted by Gasteiger charge is 2.30. The third-order valence-corrected chi connectivity index (χ3v) is 3.91. The van der Waals surface area contributed by atoms with Crippen LogP contribution in [0, 0.1) is 0 Å². The van der Waals surface area contributed by atoms with Gasteiger partial charge in [0.1, 0.15) is 19.2 Å². The smallest absolute Gasteiger partial charge is 0.325 e. The molecule has 0 atom stereocenters. The fraction of sp³-hybridized carbons (Fsp3) is 0.333. The van der Waals surface area contributed by atoms with Gasteiger partial charge in [-0.05, 0) is 18.2 Å². The Labute approximate surface area is 144 Å². The summed E-state index contributed by atoms with van der Waals surface area (Å²) in [6.07, 6.45) is 3.02. The number of benzene rings is 1. The minimum absolute atomic E-state index is 0.0350. The quantitative estimate of drug-likeness (QED) is 0.843. The molecule has 1 aliphatic rings. The summed E-state index contributed by atoms with van der Waals surface area (Å²) in [4.78, 5) is 31.4. The van der Waals surface area contributed by atoms with Crippen LogP contribution in [-0.2, 0) is 11.3 Å². The number of nitrogens with one attached hydrogen (secondary N) is 1. The largest absolute Gasteiger partial charge is 0.353 e. The van der Waals surface area contributed by atoms with Gasteiger partial charge in [0.2, 0.25) is 5.91 Å². The number of anilines is 1. The van der Waals surface area contributed by atoms with Gasteiger partial charge in [0.15, 0.2) is 0 Å². The lowest BCUT2D eigenvalue weighted by atomic mass is 10.3. The van der Waals surface area contributed by atoms with Crippen LogP contribution in [0.3, 0.4) is 0 Å². The average Bonchev–Trinajstić information content (AvgIpc) is 3.18. The summed E-state index contributed by atoms with van der Waals surface area (Å²) < 4.78 is 1.63. The molecule has 3 rings (SSSR count). The van der Waals surface area contributed by atoms with E-state index < -0.39 is 0 Å². The van der Waals surface area contributed by atoms with Crippen molar-refractivity contribution in [3.63, 3.8) is 0 Å². The SMILES string of the molecule is O=C(CN1CCN(c2cccc(Cl)c2)C1=O)NCCn1cncn1. The number of rotatable bonds is 6. The van der Waals surface area contributed by atoms with Crippen LogP contribution in [0.1, 0.15) is 0 Å². The predicted octanol–water partition coefficient (Wildman–Crippen LogP) is 0.990. The number of nitrogens with zero attached hydrogens (tertiary/aromatic N) is 5. The fourth-order valence-corrected chi connectivity index (χ4v) is 2.68. The van der Waals surface area contributed by atoms with Crippen LogP contribution in [0.15, 0.2) is 36.9 Å². The molecular weight excluding hydrogens is 332 g/mol. The maximum Gasteiger partial charge on any atom is 0.325 e. The van der Waals surface area contributed by atoms with Crippen molar-refractivity contribution in [2.45, 2.75) is 6.54 Å². The Morgan fingerprint density at radius 2 is 2.21 bits per heavy atom. The van der Waals surface area contributed by atoms with Crippen LogP contribution in [0.2, 0.25) is 5.02 Å². The van der Waals surface area contributed by atoms with E-state index in [1.54, 1.807) is 34.1 Å². The minimum atomic E-state index is -0.198. The summed E-state index contributed by atoms with van der Waals surface area (Å²) >= 11 is 5.96. The summed E-state index contributed by atoms with van der Waals surface area (Å²) in [5, 5.41) is 7.30. The van der Waals surface area contributed by atoms with Gasteiger partial charge in [0.25, 0.3) is 0 Å². The summed E-state index contributed by atoms with van der Waals surface area (Å²) in [7, 11) is 0. The average molecular weight is 349 g/mol. The molecule has 3 amide bonds. The number of halogens is 1. The predicted molar refractivity (Wildman–Crippen MR) is 88.8 cm³/mol. The third-order valence-electron chi connectivity index (χ3n) is 3.68. The molecule has 8 nitrogen and oxygen atoms in total. The molecule has 9 heteroatoms. The lowest BCUT2D eigenvalue weighted by Crippen LogP contribution is -2.40. The Kier molecular flexibility index (Phi) is 4.95. The van der Waals surface area contributed by atoms with E-state index in [9.17, 15) is 9.59 Å². The van der Waals surface area contributed by atoms with Gasteiger partial charge >= 0.3 is 6.03 Å². The first-order chi connectivity index (χ1) is 11.6. The van der Waals surface area contributed by atoms with Crippen molar-refractivity contribution < 1.29 is 9.59 Å². The standard InChI is InChI=1S/C15H17ClN6O2/c16-12-2-1-3-13(8-12)22-7-6-20(15(22)24)9-14(23)18-4-5-21-11-17-10-19-21/h1-3,8,10-11H,4-7,9H2,(H,18,23). The molecule has 0 aliphatic carbocycles. The van der Waals surface area contributed by atoms with E-state index in [0.29, 0.717) is 31.2 Å². The Hall–Kier alpha value is -2.61. The van der Waals surface area contributed by atoms with Gasteiger partial charge in [0, 0.05) is 30.3 Å². The molecule has 0 bridgehead atoms. The van der Waals surface area contributed by atoms with Crippen molar-refractivity contribution in [3.8, 4) is 0 Å². The van der Waals surface area contributed by atoms with Gasteiger partial charge in [-0.2, -0.15) is 5.10 Å². The van der Waals surface area contributed by atoms with Crippen LogP contribution in [0.25, 0.3) is 0 Å². The van der Waals surface area contributed by atoms with E-state index in [1.807, 2.05) is 6.07 Å². The summed E-state index contributed by atoms with van der Waals surface area (Å²) in [6, 6.07) is 6.92. The zero-order valence-corrected chi connectivity index (χ0v) is 13.7. The van der Waals surface area contributed by atoms with Crippen molar-refractivity contribution in [1.82, 2.24) is 25.0 Å². The monoisotopic (exact) mass is 348 g/mol. The molecule has 2 heterocycles. The van der Waals surface area contributed by atoms with Crippen LogP contribution in [-0.4, -0.2) is 57.8 Å². The number of aromatic nitrogens is 3. The molecular formula is C15H17ClN6O2. The van der Waals surface area contributed by atoms with Crippen LogP contribution >= 0.6 is 11.6 Å². The summed E-state index contributed by atoms with van der Waals surface area (Å²) in [6.45, 7) is 2.04. The molecule has 1 aliphatic heterocycles.